The molecule has 0 aliphatic heterocycles. The zero-order chi connectivity index (χ0) is 19.5. The van der Waals surface area contributed by atoms with Gasteiger partial charge in [-0.1, -0.05) is 39.8 Å². The van der Waals surface area contributed by atoms with E-state index in [9.17, 15) is 0 Å². The van der Waals surface area contributed by atoms with Gasteiger partial charge in [-0.15, -0.1) is 0 Å². The molecular formula is C23H34N2O2. The van der Waals surface area contributed by atoms with Gasteiger partial charge in [0, 0.05) is 36.6 Å². The first-order valence-corrected chi connectivity index (χ1v) is 9.96. The van der Waals surface area contributed by atoms with Crippen LogP contribution in [0.25, 0.3) is 0 Å². The standard InChI is InChI=1S/C23H34N2O2/c1-18(2)11-14-26-22-9-5-7-20(15-22)24-12-13-25-21-8-6-10-23(16-21)27-17-19(3)4/h5-10,15-16,18-19,24-25H,11-14,17H2,1-4H3. The third-order valence-electron chi connectivity index (χ3n) is 4.00. The van der Waals surface area contributed by atoms with E-state index in [1.807, 2.05) is 30.3 Å². The van der Waals surface area contributed by atoms with E-state index < -0.39 is 0 Å². The third-order valence-corrected chi connectivity index (χ3v) is 4.00. The van der Waals surface area contributed by atoms with Gasteiger partial charge < -0.3 is 20.1 Å². The molecule has 0 amide bonds. The second-order valence-corrected chi connectivity index (χ2v) is 7.65. The van der Waals surface area contributed by atoms with E-state index in [1.54, 1.807) is 0 Å². The Morgan fingerprint density at radius 2 is 1.30 bits per heavy atom. The molecule has 0 bridgehead atoms. The quantitative estimate of drug-likeness (QED) is 0.472. The fourth-order valence-electron chi connectivity index (χ4n) is 2.48. The SMILES string of the molecule is CC(C)CCOc1cccc(NCCNc2cccc(OCC(C)C)c2)c1. The largest absolute Gasteiger partial charge is 0.494 e. The summed E-state index contributed by atoms with van der Waals surface area (Å²) in [6.07, 6.45) is 1.07. The Kier molecular flexibility index (Phi) is 8.82. The van der Waals surface area contributed by atoms with E-state index in [2.05, 4.69) is 56.5 Å². The number of hydrogen-bond acceptors (Lipinski definition) is 4. The predicted molar refractivity (Wildman–Crippen MR) is 115 cm³/mol. The van der Waals surface area contributed by atoms with Gasteiger partial charge in [0.2, 0.25) is 0 Å². The molecule has 0 saturated heterocycles. The van der Waals surface area contributed by atoms with Gasteiger partial charge in [0.25, 0.3) is 0 Å². The minimum atomic E-state index is 0.524. The molecule has 0 unspecified atom stereocenters. The summed E-state index contributed by atoms with van der Waals surface area (Å²) in [4.78, 5) is 0. The Morgan fingerprint density at radius 1 is 0.741 bits per heavy atom. The average Bonchev–Trinajstić information content (AvgIpc) is 2.64. The second kappa shape index (κ2) is 11.4. The van der Waals surface area contributed by atoms with Gasteiger partial charge >= 0.3 is 0 Å². The van der Waals surface area contributed by atoms with Crippen LogP contribution in [0, 0.1) is 11.8 Å². The minimum absolute atomic E-state index is 0.524. The molecular weight excluding hydrogens is 336 g/mol. The summed E-state index contributed by atoms with van der Waals surface area (Å²) in [5.74, 6) is 3.01. The van der Waals surface area contributed by atoms with Crippen LogP contribution in [0.5, 0.6) is 11.5 Å². The number of hydrogen-bond donors (Lipinski definition) is 2. The molecule has 0 aliphatic rings. The van der Waals surface area contributed by atoms with Crippen molar-refractivity contribution in [2.45, 2.75) is 34.1 Å². The van der Waals surface area contributed by atoms with Crippen molar-refractivity contribution in [3.8, 4) is 11.5 Å². The van der Waals surface area contributed by atoms with E-state index in [4.69, 9.17) is 9.47 Å². The van der Waals surface area contributed by atoms with Crippen LogP contribution in [-0.4, -0.2) is 26.3 Å². The molecule has 2 aromatic rings. The summed E-state index contributed by atoms with van der Waals surface area (Å²) < 4.78 is 11.6. The summed E-state index contributed by atoms with van der Waals surface area (Å²) in [5.41, 5.74) is 2.15. The fraction of sp³-hybridized carbons (Fsp3) is 0.478. The summed E-state index contributed by atoms with van der Waals surface area (Å²) in [5, 5.41) is 6.87. The zero-order valence-electron chi connectivity index (χ0n) is 17.1. The summed E-state index contributed by atoms with van der Waals surface area (Å²) >= 11 is 0. The smallest absolute Gasteiger partial charge is 0.121 e. The highest BCUT2D eigenvalue weighted by molar-refractivity contribution is 5.50. The number of ether oxygens (including phenoxy) is 2. The maximum atomic E-state index is 5.82. The van der Waals surface area contributed by atoms with Gasteiger partial charge in [-0.3, -0.25) is 0 Å². The Bertz CT molecular complexity index is 671. The molecule has 0 aromatic heterocycles. The van der Waals surface area contributed by atoms with Crippen LogP contribution >= 0.6 is 0 Å². The molecule has 0 heterocycles. The Hall–Kier alpha value is -2.36. The maximum Gasteiger partial charge on any atom is 0.121 e. The molecule has 0 saturated carbocycles. The molecule has 2 N–H and O–H groups in total. The van der Waals surface area contributed by atoms with Crippen molar-refractivity contribution in [1.82, 2.24) is 0 Å². The normalized spacial score (nSPS) is 10.9. The maximum absolute atomic E-state index is 5.82. The second-order valence-electron chi connectivity index (χ2n) is 7.65. The van der Waals surface area contributed by atoms with Crippen molar-refractivity contribution in [2.75, 3.05) is 36.9 Å². The van der Waals surface area contributed by atoms with E-state index in [0.717, 1.165) is 55.6 Å². The van der Waals surface area contributed by atoms with Crippen LogP contribution in [0.3, 0.4) is 0 Å². The van der Waals surface area contributed by atoms with Crippen molar-refractivity contribution in [3.05, 3.63) is 48.5 Å². The zero-order valence-corrected chi connectivity index (χ0v) is 17.1. The first-order chi connectivity index (χ1) is 13.0. The topological polar surface area (TPSA) is 42.5 Å². The van der Waals surface area contributed by atoms with E-state index in [0.29, 0.717) is 11.8 Å². The van der Waals surface area contributed by atoms with Crippen LogP contribution in [0.1, 0.15) is 34.1 Å². The Labute approximate surface area is 164 Å². The van der Waals surface area contributed by atoms with Gasteiger partial charge in [-0.05, 0) is 42.5 Å². The molecule has 4 heteroatoms. The van der Waals surface area contributed by atoms with Crippen LogP contribution in [0.15, 0.2) is 48.5 Å². The van der Waals surface area contributed by atoms with Crippen LogP contribution in [-0.2, 0) is 0 Å². The van der Waals surface area contributed by atoms with Crippen molar-refractivity contribution >= 4 is 11.4 Å². The lowest BCUT2D eigenvalue weighted by Crippen LogP contribution is -2.13. The molecule has 0 fully saturated rings. The summed E-state index contributed by atoms with van der Waals surface area (Å²) in [7, 11) is 0. The number of benzene rings is 2. The minimum Gasteiger partial charge on any atom is -0.494 e. The van der Waals surface area contributed by atoms with Crippen molar-refractivity contribution in [1.29, 1.82) is 0 Å². The van der Waals surface area contributed by atoms with E-state index >= 15 is 0 Å². The highest BCUT2D eigenvalue weighted by Gasteiger charge is 2.01. The predicted octanol–water partition coefficient (Wildman–Crippen LogP) is 5.67. The summed E-state index contributed by atoms with van der Waals surface area (Å²) in [6.45, 7) is 11.9. The molecule has 0 aliphatic carbocycles. The number of rotatable bonds is 12. The molecule has 0 spiro atoms. The first kappa shape index (κ1) is 20.9. The molecule has 0 atom stereocenters. The number of nitrogens with one attached hydrogen (secondary N) is 2. The van der Waals surface area contributed by atoms with Gasteiger partial charge in [0.1, 0.15) is 11.5 Å². The first-order valence-electron chi connectivity index (χ1n) is 9.96. The summed E-state index contributed by atoms with van der Waals surface area (Å²) in [6, 6.07) is 16.3. The molecule has 2 rings (SSSR count). The van der Waals surface area contributed by atoms with Crippen LogP contribution < -0.4 is 20.1 Å². The number of anilines is 2. The average molecular weight is 371 g/mol. The van der Waals surface area contributed by atoms with E-state index in [-0.39, 0.29) is 0 Å². The lowest BCUT2D eigenvalue weighted by Gasteiger charge is -2.13. The van der Waals surface area contributed by atoms with E-state index in [1.165, 1.54) is 0 Å². The van der Waals surface area contributed by atoms with Gasteiger partial charge in [0.05, 0.1) is 13.2 Å². The molecule has 148 valence electrons. The third kappa shape index (κ3) is 8.72. The van der Waals surface area contributed by atoms with Gasteiger partial charge in [0.15, 0.2) is 0 Å². The van der Waals surface area contributed by atoms with Crippen LogP contribution in [0.2, 0.25) is 0 Å². The molecule has 4 nitrogen and oxygen atoms in total. The monoisotopic (exact) mass is 370 g/mol. The Morgan fingerprint density at radius 3 is 1.81 bits per heavy atom. The van der Waals surface area contributed by atoms with Crippen molar-refractivity contribution in [2.24, 2.45) is 11.8 Å². The highest BCUT2D eigenvalue weighted by atomic mass is 16.5. The molecule has 2 aromatic carbocycles. The Balaban J connectivity index is 1.73. The molecule has 0 radical (unpaired) electrons. The fourth-order valence-corrected chi connectivity index (χ4v) is 2.48. The van der Waals surface area contributed by atoms with Gasteiger partial charge in [-0.2, -0.15) is 0 Å². The van der Waals surface area contributed by atoms with Crippen molar-refractivity contribution < 1.29 is 9.47 Å². The lowest BCUT2D eigenvalue weighted by molar-refractivity contribution is 0.271. The molecule has 27 heavy (non-hydrogen) atoms. The van der Waals surface area contributed by atoms with Crippen LogP contribution in [0.4, 0.5) is 11.4 Å². The van der Waals surface area contributed by atoms with Crippen molar-refractivity contribution in [3.63, 3.8) is 0 Å². The lowest BCUT2D eigenvalue weighted by atomic mass is 10.1. The van der Waals surface area contributed by atoms with Gasteiger partial charge in [-0.25, -0.2) is 0 Å². The highest BCUT2D eigenvalue weighted by Crippen LogP contribution is 2.19.